The number of carbonyl (C=O) groups is 2. The van der Waals surface area contributed by atoms with Crippen LogP contribution in [0, 0.1) is 0 Å². The van der Waals surface area contributed by atoms with E-state index >= 15 is 0 Å². The van der Waals surface area contributed by atoms with Crippen LogP contribution in [0.3, 0.4) is 0 Å². The molecular formula is C29H35N4O5+. The number of quaternary nitrogens is 1. The molecule has 2 amide bonds. The van der Waals surface area contributed by atoms with Crippen molar-refractivity contribution in [1.29, 1.82) is 0 Å². The minimum Gasteiger partial charge on any atom is -0.493 e. The number of morpholine rings is 1. The lowest BCUT2D eigenvalue weighted by molar-refractivity contribution is -0.908. The van der Waals surface area contributed by atoms with E-state index in [1.165, 1.54) is 4.90 Å². The average molecular weight is 520 g/mol. The highest BCUT2D eigenvalue weighted by Crippen LogP contribution is 2.46. The number of nitrogens with one attached hydrogen (secondary N) is 2. The molecule has 2 saturated heterocycles. The van der Waals surface area contributed by atoms with Crippen LogP contribution in [0.2, 0.25) is 0 Å². The van der Waals surface area contributed by atoms with Crippen molar-refractivity contribution >= 4 is 22.7 Å². The summed E-state index contributed by atoms with van der Waals surface area (Å²) in [5.74, 6) is 1.13. The Hall–Kier alpha value is -3.56. The minimum absolute atomic E-state index is 0.0179. The SMILES string of the molecule is COc1cccc([C@H]2c3[nH]c4ccccc4c3C[C@H]3C(=O)N(CCC[NH+]4CCOCC4)CC(=O)N23)c1OC. The lowest BCUT2D eigenvalue weighted by atomic mass is 9.85. The second kappa shape index (κ2) is 10.3. The fourth-order valence-electron chi connectivity index (χ4n) is 6.39. The lowest BCUT2D eigenvalue weighted by Crippen LogP contribution is -3.14. The molecule has 9 nitrogen and oxygen atoms in total. The van der Waals surface area contributed by atoms with Crippen LogP contribution in [-0.2, 0) is 20.7 Å². The Morgan fingerprint density at radius 3 is 2.66 bits per heavy atom. The molecular weight excluding hydrogens is 484 g/mol. The second-order valence-electron chi connectivity index (χ2n) is 10.3. The van der Waals surface area contributed by atoms with Crippen molar-refractivity contribution in [1.82, 2.24) is 14.8 Å². The number of benzene rings is 2. The molecule has 0 saturated carbocycles. The van der Waals surface area contributed by atoms with E-state index in [0.29, 0.717) is 24.5 Å². The maximum absolute atomic E-state index is 13.9. The summed E-state index contributed by atoms with van der Waals surface area (Å²) in [5.41, 5.74) is 3.81. The number of aromatic amines is 1. The van der Waals surface area contributed by atoms with E-state index < -0.39 is 12.1 Å². The summed E-state index contributed by atoms with van der Waals surface area (Å²) in [6.07, 6.45) is 1.35. The highest BCUT2D eigenvalue weighted by Gasteiger charge is 2.49. The van der Waals surface area contributed by atoms with E-state index in [9.17, 15) is 9.59 Å². The van der Waals surface area contributed by atoms with Crippen molar-refractivity contribution in [2.75, 3.05) is 60.2 Å². The van der Waals surface area contributed by atoms with Gasteiger partial charge in [0.05, 0.1) is 40.5 Å². The summed E-state index contributed by atoms with van der Waals surface area (Å²) in [7, 11) is 3.21. The molecule has 3 aliphatic rings. The number of hydrogen-bond acceptors (Lipinski definition) is 5. The van der Waals surface area contributed by atoms with Gasteiger partial charge < -0.3 is 33.9 Å². The molecule has 2 N–H and O–H groups in total. The molecule has 2 aromatic carbocycles. The first-order valence-corrected chi connectivity index (χ1v) is 13.4. The summed E-state index contributed by atoms with van der Waals surface area (Å²) in [6.45, 7) is 5.23. The molecule has 3 aliphatic heterocycles. The third-order valence-corrected chi connectivity index (χ3v) is 8.23. The Bertz CT molecular complexity index is 1350. The van der Waals surface area contributed by atoms with Gasteiger partial charge >= 0.3 is 0 Å². The third-order valence-electron chi connectivity index (χ3n) is 8.23. The van der Waals surface area contributed by atoms with Crippen molar-refractivity contribution in [2.45, 2.75) is 24.9 Å². The molecule has 9 heteroatoms. The van der Waals surface area contributed by atoms with E-state index in [1.54, 1.807) is 24.0 Å². The van der Waals surface area contributed by atoms with Crippen LogP contribution in [0.25, 0.3) is 10.9 Å². The van der Waals surface area contributed by atoms with Gasteiger partial charge in [0, 0.05) is 41.5 Å². The van der Waals surface area contributed by atoms with Crippen LogP contribution in [0.4, 0.5) is 0 Å². The van der Waals surface area contributed by atoms with E-state index in [-0.39, 0.29) is 18.4 Å². The Balaban J connectivity index is 1.36. The largest absolute Gasteiger partial charge is 0.493 e. The predicted molar refractivity (Wildman–Crippen MR) is 142 cm³/mol. The molecule has 0 unspecified atom stereocenters. The Kier molecular flexibility index (Phi) is 6.71. The monoisotopic (exact) mass is 519 g/mol. The second-order valence-corrected chi connectivity index (χ2v) is 10.3. The number of aromatic nitrogens is 1. The average Bonchev–Trinajstić information content (AvgIpc) is 3.33. The molecule has 0 aliphatic carbocycles. The van der Waals surface area contributed by atoms with Gasteiger partial charge in [-0.3, -0.25) is 9.59 Å². The molecule has 3 aromatic rings. The zero-order valence-corrected chi connectivity index (χ0v) is 22.0. The standard InChI is InChI=1S/C29H34N4O5/c1-36-24-10-5-8-20(28(24)37-2)27-26-21(19-7-3-4-9-22(19)30-26)17-23-29(35)32(18-25(34)33(23)27)12-6-11-31-13-15-38-16-14-31/h3-5,7-10,23,27,30H,6,11-18H2,1-2H3/p+1/t23-,27-/m0/s1. The predicted octanol–water partition coefficient (Wildman–Crippen LogP) is 1.18. The fraction of sp³-hybridized carbons (Fsp3) is 0.448. The number of piperazine rings is 1. The number of ether oxygens (including phenoxy) is 3. The summed E-state index contributed by atoms with van der Waals surface area (Å²) >= 11 is 0. The number of fused-ring (bicyclic) bond motifs is 4. The van der Waals surface area contributed by atoms with E-state index in [1.807, 2.05) is 36.4 Å². The number of para-hydroxylation sites is 2. The summed E-state index contributed by atoms with van der Waals surface area (Å²) in [4.78, 5) is 36.4. The first-order chi connectivity index (χ1) is 18.6. The Labute approximate surface area is 222 Å². The number of methoxy groups -OCH3 is 2. The Morgan fingerprint density at radius 1 is 1.05 bits per heavy atom. The molecule has 0 radical (unpaired) electrons. The molecule has 4 heterocycles. The van der Waals surface area contributed by atoms with Crippen molar-refractivity contribution in [2.24, 2.45) is 0 Å². The first kappa shape index (κ1) is 24.8. The van der Waals surface area contributed by atoms with Crippen molar-refractivity contribution in [3.05, 3.63) is 59.3 Å². The van der Waals surface area contributed by atoms with Crippen LogP contribution in [0.15, 0.2) is 42.5 Å². The van der Waals surface area contributed by atoms with Crippen LogP contribution in [0.5, 0.6) is 11.5 Å². The smallest absolute Gasteiger partial charge is 0.246 e. The molecule has 2 atom stereocenters. The van der Waals surface area contributed by atoms with Gasteiger partial charge in [-0.15, -0.1) is 0 Å². The van der Waals surface area contributed by atoms with Gasteiger partial charge in [-0.25, -0.2) is 0 Å². The molecule has 0 bridgehead atoms. The van der Waals surface area contributed by atoms with Crippen LogP contribution >= 0.6 is 0 Å². The van der Waals surface area contributed by atoms with Gasteiger partial charge in [0.2, 0.25) is 11.8 Å². The van der Waals surface area contributed by atoms with Gasteiger partial charge in [-0.2, -0.15) is 0 Å². The highest BCUT2D eigenvalue weighted by molar-refractivity contribution is 5.97. The summed E-state index contributed by atoms with van der Waals surface area (Å²) in [5, 5.41) is 1.09. The third kappa shape index (κ3) is 4.19. The van der Waals surface area contributed by atoms with Gasteiger partial charge in [-0.1, -0.05) is 30.3 Å². The zero-order chi connectivity index (χ0) is 26.2. The number of nitrogens with zero attached hydrogens (tertiary/aromatic N) is 2. The normalized spacial score (nSPS) is 21.9. The van der Waals surface area contributed by atoms with Crippen molar-refractivity contribution in [3.8, 4) is 11.5 Å². The number of carbonyl (C=O) groups excluding carboxylic acids is 2. The van der Waals surface area contributed by atoms with Gasteiger partial charge in [0.25, 0.3) is 0 Å². The molecule has 200 valence electrons. The van der Waals surface area contributed by atoms with Crippen LogP contribution in [-0.4, -0.2) is 92.8 Å². The van der Waals surface area contributed by atoms with Gasteiger partial charge in [0.1, 0.15) is 25.2 Å². The molecule has 0 spiro atoms. The number of hydrogen-bond donors (Lipinski definition) is 2. The summed E-state index contributed by atoms with van der Waals surface area (Å²) in [6, 6.07) is 12.8. The van der Waals surface area contributed by atoms with Crippen LogP contribution in [0.1, 0.15) is 29.3 Å². The maximum Gasteiger partial charge on any atom is 0.246 e. The summed E-state index contributed by atoms with van der Waals surface area (Å²) < 4.78 is 16.8. The quantitative estimate of drug-likeness (QED) is 0.490. The molecule has 38 heavy (non-hydrogen) atoms. The molecule has 2 fully saturated rings. The van der Waals surface area contributed by atoms with Gasteiger partial charge in [-0.05, 0) is 17.7 Å². The number of H-pyrrole nitrogens is 1. The van der Waals surface area contributed by atoms with Gasteiger partial charge in [0.15, 0.2) is 11.5 Å². The highest BCUT2D eigenvalue weighted by atomic mass is 16.5. The molecule has 6 rings (SSSR count). The van der Waals surface area contributed by atoms with E-state index in [0.717, 1.165) is 67.0 Å². The maximum atomic E-state index is 13.9. The van der Waals surface area contributed by atoms with E-state index in [2.05, 4.69) is 11.1 Å². The van der Waals surface area contributed by atoms with Crippen molar-refractivity contribution in [3.63, 3.8) is 0 Å². The van der Waals surface area contributed by atoms with E-state index in [4.69, 9.17) is 14.2 Å². The zero-order valence-electron chi connectivity index (χ0n) is 22.0. The van der Waals surface area contributed by atoms with Crippen LogP contribution < -0.4 is 14.4 Å². The Morgan fingerprint density at radius 2 is 1.87 bits per heavy atom. The van der Waals surface area contributed by atoms with Crippen molar-refractivity contribution < 1.29 is 28.7 Å². The first-order valence-electron chi connectivity index (χ1n) is 13.4. The number of amides is 2. The lowest BCUT2D eigenvalue weighted by Gasteiger charge is -2.47. The number of rotatable bonds is 7. The topological polar surface area (TPSA) is 88.5 Å². The minimum atomic E-state index is -0.570. The molecule has 1 aromatic heterocycles. The fourth-order valence-corrected chi connectivity index (χ4v) is 6.39.